The Morgan fingerprint density at radius 1 is 1.46 bits per heavy atom. The van der Waals surface area contributed by atoms with Gasteiger partial charge in [-0.05, 0) is 47.1 Å². The molecule has 0 aromatic carbocycles. The highest BCUT2D eigenvalue weighted by atomic mass is 127. The van der Waals surface area contributed by atoms with E-state index in [1.165, 1.54) is 0 Å². The van der Waals surface area contributed by atoms with Crippen LogP contribution in [0, 0.1) is 3.57 Å². The van der Waals surface area contributed by atoms with Crippen molar-refractivity contribution in [3.63, 3.8) is 0 Å². The predicted octanol–water partition coefficient (Wildman–Crippen LogP) is 1.96. The van der Waals surface area contributed by atoms with Crippen molar-refractivity contribution in [2.24, 2.45) is 0 Å². The molecule has 1 aromatic heterocycles. The van der Waals surface area contributed by atoms with E-state index in [-0.39, 0.29) is 5.91 Å². The smallest absolute Gasteiger partial charge is 0.225 e. The second kappa shape index (κ2) is 3.61. The number of anilines is 1. The Morgan fingerprint density at radius 3 is 3.15 bits per heavy atom. The molecule has 0 atom stereocenters. The Labute approximate surface area is 90.1 Å². The Kier molecular flexibility index (Phi) is 2.48. The largest absolute Gasteiger partial charge is 0.310 e. The van der Waals surface area contributed by atoms with E-state index in [2.05, 4.69) is 39.0 Å². The van der Waals surface area contributed by atoms with Crippen molar-refractivity contribution in [2.75, 3.05) is 5.32 Å². The van der Waals surface area contributed by atoms with E-state index in [0.717, 1.165) is 27.8 Å². The van der Waals surface area contributed by atoms with Crippen LogP contribution in [0.4, 0.5) is 5.82 Å². The van der Waals surface area contributed by atoms with Gasteiger partial charge in [-0.3, -0.25) is 4.79 Å². The van der Waals surface area contributed by atoms with Gasteiger partial charge in [0.1, 0.15) is 5.82 Å². The zero-order valence-electron chi connectivity index (χ0n) is 7.01. The van der Waals surface area contributed by atoms with Crippen LogP contribution in [0.3, 0.4) is 0 Å². The average molecular weight is 288 g/mol. The van der Waals surface area contributed by atoms with Gasteiger partial charge in [-0.25, -0.2) is 4.98 Å². The Hall–Kier alpha value is -0.650. The van der Waals surface area contributed by atoms with E-state index < -0.39 is 0 Å². The highest BCUT2D eigenvalue weighted by Gasteiger charge is 2.13. The number of nitrogens with zero attached hydrogens (tertiary/aromatic N) is 1. The van der Waals surface area contributed by atoms with Gasteiger partial charge in [0.05, 0.1) is 0 Å². The second-order valence-electron chi connectivity index (χ2n) is 3.06. The van der Waals surface area contributed by atoms with Crippen molar-refractivity contribution >= 4 is 34.3 Å². The molecule has 0 unspecified atom stereocenters. The van der Waals surface area contributed by atoms with E-state index in [1.54, 1.807) is 6.20 Å². The fourth-order valence-corrected chi connectivity index (χ4v) is 1.93. The van der Waals surface area contributed by atoms with Crippen LogP contribution in [0.5, 0.6) is 0 Å². The summed E-state index contributed by atoms with van der Waals surface area (Å²) in [7, 11) is 0. The summed E-state index contributed by atoms with van der Waals surface area (Å²) in [6, 6.07) is 2.08. The quantitative estimate of drug-likeness (QED) is 0.741. The molecular formula is C9H9IN2O. The zero-order valence-corrected chi connectivity index (χ0v) is 9.17. The first-order chi connectivity index (χ1) is 6.25. The minimum Gasteiger partial charge on any atom is -0.310 e. The highest BCUT2D eigenvalue weighted by molar-refractivity contribution is 14.1. The van der Waals surface area contributed by atoms with Gasteiger partial charge in [0.15, 0.2) is 0 Å². The molecule has 0 saturated carbocycles. The van der Waals surface area contributed by atoms with E-state index >= 15 is 0 Å². The summed E-state index contributed by atoms with van der Waals surface area (Å²) in [6.07, 6.45) is 4.23. The molecule has 68 valence electrons. The van der Waals surface area contributed by atoms with Gasteiger partial charge in [-0.2, -0.15) is 0 Å². The van der Waals surface area contributed by atoms with Gasteiger partial charge in [0.25, 0.3) is 0 Å². The van der Waals surface area contributed by atoms with Crippen LogP contribution in [0.25, 0.3) is 0 Å². The van der Waals surface area contributed by atoms with Crippen LogP contribution in [0.2, 0.25) is 0 Å². The van der Waals surface area contributed by atoms with Crippen molar-refractivity contribution in [1.82, 2.24) is 4.98 Å². The fourth-order valence-electron chi connectivity index (χ4n) is 1.42. The Bertz CT molecular complexity index is 351. The Balaban J connectivity index is 2.40. The minimum atomic E-state index is 0.0764. The number of nitrogens with one attached hydrogen (secondary N) is 1. The number of rotatable bonds is 0. The normalized spacial score (nSPS) is 15.9. The highest BCUT2D eigenvalue weighted by Crippen LogP contribution is 2.20. The van der Waals surface area contributed by atoms with Crippen LogP contribution in [0.1, 0.15) is 18.4 Å². The molecule has 1 aliphatic rings. The van der Waals surface area contributed by atoms with Crippen LogP contribution < -0.4 is 5.32 Å². The Morgan fingerprint density at radius 2 is 2.31 bits per heavy atom. The third-order valence-electron chi connectivity index (χ3n) is 2.04. The maximum absolute atomic E-state index is 11.2. The molecule has 1 N–H and O–H groups in total. The van der Waals surface area contributed by atoms with Crippen molar-refractivity contribution in [3.8, 4) is 0 Å². The molecule has 0 bridgehead atoms. The van der Waals surface area contributed by atoms with E-state index in [4.69, 9.17) is 0 Å². The van der Waals surface area contributed by atoms with E-state index in [9.17, 15) is 4.79 Å². The predicted molar refractivity (Wildman–Crippen MR) is 58.5 cm³/mol. The van der Waals surface area contributed by atoms with Crippen LogP contribution in [0.15, 0.2) is 12.3 Å². The summed E-state index contributed by atoms with van der Waals surface area (Å²) < 4.78 is 1.12. The van der Waals surface area contributed by atoms with Gasteiger partial charge >= 0.3 is 0 Å². The molecule has 0 saturated heterocycles. The molecule has 0 fully saturated rings. The summed E-state index contributed by atoms with van der Waals surface area (Å²) in [4.78, 5) is 15.4. The van der Waals surface area contributed by atoms with E-state index in [1.807, 2.05) is 0 Å². The lowest BCUT2D eigenvalue weighted by Gasteiger charge is -2.04. The number of pyridine rings is 1. The maximum Gasteiger partial charge on any atom is 0.225 e. The van der Waals surface area contributed by atoms with Gasteiger partial charge in [-0.15, -0.1) is 0 Å². The number of aryl methyl sites for hydroxylation is 1. The second-order valence-corrected chi connectivity index (χ2v) is 4.31. The van der Waals surface area contributed by atoms with Gasteiger partial charge in [0.2, 0.25) is 5.91 Å². The molecular weight excluding hydrogens is 279 g/mol. The minimum absolute atomic E-state index is 0.0764. The maximum atomic E-state index is 11.2. The monoisotopic (exact) mass is 288 g/mol. The van der Waals surface area contributed by atoms with Crippen molar-refractivity contribution in [1.29, 1.82) is 0 Å². The van der Waals surface area contributed by atoms with Crippen molar-refractivity contribution in [3.05, 3.63) is 21.4 Å². The topological polar surface area (TPSA) is 42.0 Å². The molecule has 1 amide bonds. The molecule has 13 heavy (non-hydrogen) atoms. The summed E-state index contributed by atoms with van der Waals surface area (Å²) in [6.45, 7) is 0. The van der Waals surface area contributed by atoms with Crippen LogP contribution >= 0.6 is 22.6 Å². The molecule has 3 nitrogen and oxygen atoms in total. The number of hydrogen-bond donors (Lipinski definition) is 1. The number of amides is 1. The first-order valence-electron chi connectivity index (χ1n) is 4.20. The molecule has 1 aromatic rings. The van der Waals surface area contributed by atoms with E-state index in [0.29, 0.717) is 6.42 Å². The van der Waals surface area contributed by atoms with Crippen LogP contribution in [-0.4, -0.2) is 10.9 Å². The number of carbonyl (C=O) groups excluding carboxylic acids is 1. The SMILES string of the molecule is O=C1CCCc2cc(I)cnc2N1. The third-order valence-corrected chi connectivity index (χ3v) is 2.63. The lowest BCUT2D eigenvalue weighted by Crippen LogP contribution is -2.10. The van der Waals surface area contributed by atoms with Crippen molar-refractivity contribution < 1.29 is 4.79 Å². The molecule has 0 spiro atoms. The fraction of sp³-hybridized carbons (Fsp3) is 0.333. The zero-order chi connectivity index (χ0) is 9.26. The first kappa shape index (κ1) is 8.93. The van der Waals surface area contributed by atoms with Crippen molar-refractivity contribution in [2.45, 2.75) is 19.3 Å². The summed E-state index contributed by atoms with van der Waals surface area (Å²) in [5, 5.41) is 2.80. The number of fused-ring (bicyclic) bond motifs is 1. The van der Waals surface area contributed by atoms with Gasteiger partial charge < -0.3 is 5.32 Å². The van der Waals surface area contributed by atoms with Crippen LogP contribution in [-0.2, 0) is 11.2 Å². The molecule has 0 aliphatic carbocycles. The molecule has 1 aliphatic heterocycles. The number of halogens is 1. The number of hydrogen-bond acceptors (Lipinski definition) is 2. The number of aromatic nitrogens is 1. The summed E-state index contributed by atoms with van der Waals surface area (Å²) in [5.74, 6) is 0.815. The van der Waals surface area contributed by atoms with Gasteiger partial charge in [0, 0.05) is 16.2 Å². The summed E-state index contributed by atoms with van der Waals surface area (Å²) in [5.41, 5.74) is 1.15. The molecule has 0 radical (unpaired) electrons. The number of carbonyl (C=O) groups is 1. The lowest BCUT2D eigenvalue weighted by atomic mass is 10.1. The summed E-state index contributed by atoms with van der Waals surface area (Å²) >= 11 is 2.23. The van der Waals surface area contributed by atoms with Gasteiger partial charge in [-0.1, -0.05) is 0 Å². The standard InChI is InChI=1S/C9H9IN2O/c10-7-4-6-2-1-3-8(13)12-9(6)11-5-7/h4-5H,1-3H2,(H,11,12,13). The average Bonchev–Trinajstić information content (AvgIpc) is 2.25. The first-order valence-corrected chi connectivity index (χ1v) is 5.28. The molecule has 2 rings (SSSR count). The third kappa shape index (κ3) is 1.99. The molecule has 4 heteroatoms. The lowest BCUT2D eigenvalue weighted by molar-refractivity contribution is -0.116. The molecule has 2 heterocycles.